The number of rotatable bonds is 5. The number of carboxylic acid groups (broad SMARTS) is 1. The first kappa shape index (κ1) is 15.6. The van der Waals surface area contributed by atoms with E-state index < -0.39 is 14.2 Å². The Morgan fingerprint density at radius 3 is 2.37 bits per heavy atom. The predicted octanol–water partition coefficient (Wildman–Crippen LogP) is 3.89. The molecule has 1 rings (SSSR count). The highest BCUT2D eigenvalue weighted by atomic mass is 28.3. The maximum Gasteiger partial charge on any atom is 0.511 e. The molecule has 1 aromatic rings. The van der Waals surface area contributed by atoms with Crippen molar-refractivity contribution < 1.29 is 19.7 Å². The molecule has 0 aromatic heterocycles. The van der Waals surface area contributed by atoms with Crippen molar-refractivity contribution in [1.82, 2.24) is 0 Å². The normalized spacial score (nSPS) is 11.4. The molecule has 5 heteroatoms. The molecule has 0 heterocycles. The van der Waals surface area contributed by atoms with Gasteiger partial charge in [-0.15, -0.1) is 0 Å². The van der Waals surface area contributed by atoms with Crippen LogP contribution in [0.25, 0.3) is 0 Å². The van der Waals surface area contributed by atoms with Crippen molar-refractivity contribution in [3.05, 3.63) is 23.3 Å². The fourth-order valence-electron chi connectivity index (χ4n) is 1.90. The summed E-state index contributed by atoms with van der Waals surface area (Å²) < 4.78 is 4.56. The van der Waals surface area contributed by atoms with Crippen molar-refractivity contribution in [2.45, 2.75) is 45.5 Å². The lowest BCUT2D eigenvalue weighted by molar-refractivity contribution is 0.143. The minimum Gasteiger partial charge on any atom is -0.504 e. The highest BCUT2D eigenvalue weighted by molar-refractivity contribution is 6.76. The van der Waals surface area contributed by atoms with Crippen molar-refractivity contribution in [2.24, 2.45) is 0 Å². The zero-order valence-corrected chi connectivity index (χ0v) is 13.0. The second-order valence-corrected chi connectivity index (χ2v) is 11.5. The summed E-state index contributed by atoms with van der Waals surface area (Å²) in [4.78, 5) is 10.5. The lowest BCUT2D eigenvalue weighted by Crippen LogP contribution is -2.20. The molecule has 0 aliphatic rings. The average Bonchev–Trinajstić information content (AvgIpc) is 2.27. The molecule has 1 aromatic carbocycles. The van der Waals surface area contributed by atoms with E-state index in [1.807, 2.05) is 6.92 Å². The van der Waals surface area contributed by atoms with Crippen molar-refractivity contribution in [1.29, 1.82) is 0 Å². The fraction of sp³-hybridized carbons (Fsp3) is 0.500. The van der Waals surface area contributed by atoms with E-state index in [-0.39, 0.29) is 11.5 Å². The van der Waals surface area contributed by atoms with Crippen molar-refractivity contribution in [2.75, 3.05) is 0 Å². The molecule has 106 valence electrons. The van der Waals surface area contributed by atoms with Crippen molar-refractivity contribution in [3.63, 3.8) is 0 Å². The minimum atomic E-state index is -1.41. The number of aromatic hydroxyl groups is 1. The van der Waals surface area contributed by atoms with Gasteiger partial charge in [-0.25, -0.2) is 4.79 Å². The number of phenolic OH excluding ortho intramolecular Hbond substituents is 1. The van der Waals surface area contributed by atoms with Gasteiger partial charge in [0, 0.05) is 8.07 Å². The second-order valence-electron chi connectivity index (χ2n) is 5.87. The molecule has 0 saturated carbocycles. The zero-order valence-electron chi connectivity index (χ0n) is 12.0. The van der Waals surface area contributed by atoms with E-state index in [4.69, 9.17) is 5.11 Å². The summed E-state index contributed by atoms with van der Waals surface area (Å²) in [5.41, 5.74) is 2.12. The summed E-state index contributed by atoms with van der Waals surface area (Å²) in [5, 5.41) is 18.4. The van der Waals surface area contributed by atoms with Gasteiger partial charge in [-0.05, 0) is 36.1 Å². The smallest absolute Gasteiger partial charge is 0.504 e. The molecular weight excluding hydrogens is 260 g/mol. The third-order valence-corrected chi connectivity index (χ3v) is 4.75. The highest BCUT2D eigenvalue weighted by Crippen LogP contribution is 2.31. The molecule has 19 heavy (non-hydrogen) atoms. The van der Waals surface area contributed by atoms with Crippen LogP contribution in [0.5, 0.6) is 11.5 Å². The van der Waals surface area contributed by atoms with E-state index in [1.165, 1.54) is 0 Å². The van der Waals surface area contributed by atoms with Crippen LogP contribution in [0.3, 0.4) is 0 Å². The van der Waals surface area contributed by atoms with Crippen LogP contribution in [0, 0.1) is 0 Å². The molecular formula is C14H22O4Si. The topological polar surface area (TPSA) is 66.8 Å². The molecule has 0 fully saturated rings. The third-order valence-electron chi connectivity index (χ3n) is 3.00. The van der Waals surface area contributed by atoms with Gasteiger partial charge in [0.15, 0.2) is 11.5 Å². The number of aryl methyl sites for hydroxylation is 2. The van der Waals surface area contributed by atoms with Crippen molar-refractivity contribution in [3.8, 4) is 11.5 Å². The highest BCUT2D eigenvalue weighted by Gasteiger charge is 2.16. The summed E-state index contributed by atoms with van der Waals surface area (Å²) >= 11 is 0. The SMILES string of the molecule is CCc1cc(OC(=O)O)c(O)cc1CC[Si](C)(C)C. The minimum absolute atomic E-state index is 0.0149. The number of ether oxygens (including phenoxy) is 1. The average molecular weight is 282 g/mol. The van der Waals surface area contributed by atoms with Crippen LogP contribution in [-0.4, -0.2) is 24.4 Å². The Morgan fingerprint density at radius 1 is 1.26 bits per heavy atom. The summed E-state index contributed by atoms with van der Waals surface area (Å²) in [6.45, 7) is 8.93. The van der Waals surface area contributed by atoms with Gasteiger partial charge in [0.1, 0.15) is 0 Å². The lowest BCUT2D eigenvalue weighted by atomic mass is 10.0. The molecule has 2 N–H and O–H groups in total. The number of carbonyl (C=O) groups is 1. The van der Waals surface area contributed by atoms with Gasteiger partial charge < -0.3 is 14.9 Å². The van der Waals surface area contributed by atoms with E-state index in [0.29, 0.717) is 0 Å². The van der Waals surface area contributed by atoms with Gasteiger partial charge in [0.25, 0.3) is 0 Å². The first-order chi connectivity index (χ1) is 8.73. The maximum atomic E-state index is 10.5. The summed E-state index contributed by atoms with van der Waals surface area (Å²) in [6, 6.07) is 4.40. The molecule has 0 spiro atoms. The van der Waals surface area contributed by atoms with E-state index in [2.05, 4.69) is 24.4 Å². The van der Waals surface area contributed by atoms with Gasteiger partial charge in [-0.2, -0.15) is 0 Å². The van der Waals surface area contributed by atoms with Crippen LogP contribution in [0.4, 0.5) is 4.79 Å². The molecule has 0 atom stereocenters. The summed E-state index contributed by atoms with van der Waals surface area (Å²) in [5.74, 6) is -0.0914. The van der Waals surface area contributed by atoms with Crippen LogP contribution in [-0.2, 0) is 12.8 Å². The summed E-state index contributed by atoms with van der Waals surface area (Å²) in [6.07, 6.45) is 0.295. The molecule has 0 aliphatic heterocycles. The van der Waals surface area contributed by atoms with Gasteiger partial charge in [0.2, 0.25) is 0 Å². The van der Waals surface area contributed by atoms with E-state index in [9.17, 15) is 9.90 Å². The Morgan fingerprint density at radius 2 is 1.89 bits per heavy atom. The third kappa shape index (κ3) is 4.94. The van der Waals surface area contributed by atoms with Gasteiger partial charge in [0.05, 0.1) is 0 Å². The Hall–Kier alpha value is -1.49. The largest absolute Gasteiger partial charge is 0.511 e. The van der Waals surface area contributed by atoms with Crippen LogP contribution in [0.2, 0.25) is 25.7 Å². The van der Waals surface area contributed by atoms with Crippen molar-refractivity contribution >= 4 is 14.2 Å². The molecule has 4 nitrogen and oxygen atoms in total. The number of phenols is 1. The zero-order chi connectivity index (χ0) is 14.6. The molecule has 0 radical (unpaired) electrons. The fourth-order valence-corrected chi connectivity index (χ4v) is 2.92. The van der Waals surface area contributed by atoms with Crippen LogP contribution >= 0.6 is 0 Å². The number of benzene rings is 1. The predicted molar refractivity (Wildman–Crippen MR) is 78.0 cm³/mol. The van der Waals surface area contributed by atoms with Crippen LogP contribution < -0.4 is 4.74 Å². The molecule has 0 aliphatic carbocycles. The van der Waals surface area contributed by atoms with Gasteiger partial charge in [-0.1, -0.05) is 32.6 Å². The van der Waals surface area contributed by atoms with Gasteiger partial charge >= 0.3 is 6.16 Å². The first-order valence-corrected chi connectivity index (χ1v) is 10.2. The summed E-state index contributed by atoms with van der Waals surface area (Å²) in [7, 11) is -1.14. The molecule has 0 saturated heterocycles. The number of hydrogen-bond acceptors (Lipinski definition) is 3. The van der Waals surface area contributed by atoms with Crippen LogP contribution in [0.1, 0.15) is 18.1 Å². The Labute approximate surface area is 115 Å². The lowest BCUT2D eigenvalue weighted by Gasteiger charge is -2.17. The molecule has 0 bridgehead atoms. The van der Waals surface area contributed by atoms with E-state index in [0.717, 1.165) is 30.0 Å². The Kier molecular flexibility index (Phi) is 5.00. The second kappa shape index (κ2) is 6.10. The van der Waals surface area contributed by atoms with E-state index in [1.54, 1.807) is 12.1 Å². The number of hydrogen-bond donors (Lipinski definition) is 2. The monoisotopic (exact) mass is 282 g/mol. The Bertz CT molecular complexity index is 463. The molecule has 0 unspecified atom stereocenters. The standard InChI is InChI=1S/C14H22O4Si/c1-5-10-9-13(18-14(16)17)12(15)8-11(10)6-7-19(2,3)4/h8-9,15H,5-7H2,1-4H3,(H,16,17). The van der Waals surface area contributed by atoms with Gasteiger partial charge in [-0.3, -0.25) is 0 Å². The molecule has 0 amide bonds. The quantitative estimate of drug-likeness (QED) is 0.488. The Balaban J connectivity index is 2.99. The maximum absolute atomic E-state index is 10.5. The first-order valence-electron chi connectivity index (χ1n) is 6.48. The van der Waals surface area contributed by atoms with Crippen LogP contribution in [0.15, 0.2) is 12.1 Å². The van der Waals surface area contributed by atoms with E-state index >= 15 is 0 Å².